The van der Waals surface area contributed by atoms with Gasteiger partial charge in [0.05, 0.1) is 26.1 Å². The first-order chi connectivity index (χ1) is 26.4. The summed E-state index contributed by atoms with van der Waals surface area (Å²) in [5.41, 5.74) is 3.96. The topological polar surface area (TPSA) is 136 Å². The molecule has 5 aromatic rings. The summed E-state index contributed by atoms with van der Waals surface area (Å²) >= 11 is 0. The highest BCUT2D eigenvalue weighted by molar-refractivity contribution is 5.97. The molecule has 11 heteroatoms. The Morgan fingerprint density at radius 2 is 1.62 bits per heavy atom. The molecule has 0 aliphatic carbocycles. The fraction of sp³-hybridized carbons (Fsp3) is 0.295. The van der Waals surface area contributed by atoms with Crippen molar-refractivity contribution in [3.05, 3.63) is 126 Å². The molecule has 5 rings (SSSR count). The van der Waals surface area contributed by atoms with Gasteiger partial charge < -0.3 is 24.8 Å². The van der Waals surface area contributed by atoms with E-state index in [1.54, 1.807) is 33.0 Å². The molecule has 2 N–H and O–H groups in total. The van der Waals surface area contributed by atoms with E-state index in [1.165, 1.54) is 12.0 Å². The summed E-state index contributed by atoms with van der Waals surface area (Å²) in [6.45, 7) is 7.58. The number of nitrogens with one attached hydrogen (secondary N) is 2. The van der Waals surface area contributed by atoms with Gasteiger partial charge in [0.1, 0.15) is 23.8 Å². The van der Waals surface area contributed by atoms with E-state index >= 15 is 0 Å². The average molecular weight is 745 g/mol. The highest BCUT2D eigenvalue weighted by Gasteiger charge is 2.25. The van der Waals surface area contributed by atoms with Crippen LogP contribution in [0.3, 0.4) is 0 Å². The standard InChI is InChI=1S/C44H48N4O7/c1-30-22-23-45-39(25-30)48(43(52)55-44(2,3)4)24-10-15-40(49)46-28-41(50)47-38(27-42(51)53-5)34-18-16-33(17-19-34)36-14-9-13-32-20-21-35(26-37(32)36)54-29-31-11-7-6-8-12-31/h6-9,11-14,16-23,25-26,38H,10,15,24,27-29H2,1-5H3,(H,46,49)(H,47,50)/t38-/m0/s1. The molecule has 55 heavy (non-hydrogen) atoms. The molecule has 1 atom stereocenters. The molecule has 11 nitrogen and oxygen atoms in total. The van der Waals surface area contributed by atoms with Crippen molar-refractivity contribution in [2.45, 2.75) is 65.2 Å². The number of amides is 3. The zero-order valence-electron chi connectivity index (χ0n) is 32.0. The van der Waals surface area contributed by atoms with Crippen LogP contribution in [0.15, 0.2) is 109 Å². The lowest BCUT2D eigenvalue weighted by Gasteiger charge is -2.27. The van der Waals surface area contributed by atoms with Gasteiger partial charge >= 0.3 is 12.1 Å². The summed E-state index contributed by atoms with van der Waals surface area (Å²) in [6.07, 6.45) is 1.31. The van der Waals surface area contributed by atoms with Crippen LogP contribution < -0.4 is 20.3 Å². The summed E-state index contributed by atoms with van der Waals surface area (Å²) in [5, 5.41) is 7.60. The Hall–Kier alpha value is -6.23. The van der Waals surface area contributed by atoms with Crippen LogP contribution in [0.25, 0.3) is 21.9 Å². The van der Waals surface area contributed by atoms with Crippen LogP contribution in [-0.2, 0) is 30.5 Å². The predicted molar refractivity (Wildman–Crippen MR) is 212 cm³/mol. The van der Waals surface area contributed by atoms with Crippen molar-refractivity contribution in [2.75, 3.05) is 25.1 Å². The molecule has 0 saturated carbocycles. The van der Waals surface area contributed by atoms with Crippen LogP contribution in [0.4, 0.5) is 10.6 Å². The van der Waals surface area contributed by atoms with Gasteiger partial charge in [0.2, 0.25) is 11.8 Å². The highest BCUT2D eigenvalue weighted by Crippen LogP contribution is 2.33. The van der Waals surface area contributed by atoms with Gasteiger partial charge in [0.15, 0.2) is 0 Å². The molecule has 1 aromatic heterocycles. The molecule has 1 heterocycles. The minimum Gasteiger partial charge on any atom is -0.489 e. The van der Waals surface area contributed by atoms with Crippen LogP contribution in [0.2, 0.25) is 0 Å². The monoisotopic (exact) mass is 744 g/mol. The Morgan fingerprint density at radius 1 is 0.855 bits per heavy atom. The van der Waals surface area contributed by atoms with Gasteiger partial charge in [-0.1, -0.05) is 78.9 Å². The highest BCUT2D eigenvalue weighted by atomic mass is 16.6. The van der Waals surface area contributed by atoms with Crippen molar-refractivity contribution in [1.29, 1.82) is 0 Å². The van der Waals surface area contributed by atoms with Crippen LogP contribution >= 0.6 is 0 Å². The molecular weight excluding hydrogens is 697 g/mol. The molecule has 3 amide bonds. The van der Waals surface area contributed by atoms with E-state index in [9.17, 15) is 19.2 Å². The lowest BCUT2D eigenvalue weighted by molar-refractivity contribution is -0.141. The minimum absolute atomic E-state index is 0.0558. The van der Waals surface area contributed by atoms with Gasteiger partial charge in [0.25, 0.3) is 0 Å². The lowest BCUT2D eigenvalue weighted by atomic mass is 9.95. The van der Waals surface area contributed by atoms with E-state index in [0.29, 0.717) is 24.4 Å². The summed E-state index contributed by atoms with van der Waals surface area (Å²) in [7, 11) is 1.29. The molecule has 0 aliphatic rings. The third-order valence-corrected chi connectivity index (χ3v) is 8.68. The van der Waals surface area contributed by atoms with Crippen molar-refractivity contribution in [3.63, 3.8) is 0 Å². The van der Waals surface area contributed by atoms with Crippen molar-refractivity contribution >= 4 is 40.5 Å². The van der Waals surface area contributed by atoms with Crippen molar-refractivity contribution in [1.82, 2.24) is 15.6 Å². The Balaban J connectivity index is 1.20. The van der Waals surface area contributed by atoms with E-state index in [2.05, 4.69) is 21.7 Å². The van der Waals surface area contributed by atoms with Gasteiger partial charge in [-0.15, -0.1) is 0 Å². The number of hydrogen-bond donors (Lipinski definition) is 2. The molecule has 0 saturated heterocycles. The fourth-order valence-electron chi connectivity index (χ4n) is 5.93. The van der Waals surface area contributed by atoms with Crippen molar-refractivity contribution in [3.8, 4) is 16.9 Å². The molecule has 0 unspecified atom stereocenters. The molecule has 4 aromatic carbocycles. The summed E-state index contributed by atoms with van der Waals surface area (Å²) in [6, 6.07) is 32.7. The average Bonchev–Trinajstić information content (AvgIpc) is 3.17. The molecule has 0 radical (unpaired) electrons. The number of nitrogens with zero attached hydrogens (tertiary/aromatic N) is 2. The minimum atomic E-state index is -0.711. The maximum Gasteiger partial charge on any atom is 0.416 e. The number of esters is 1. The number of benzene rings is 4. The lowest BCUT2D eigenvalue weighted by Crippen LogP contribution is -2.40. The molecule has 0 aliphatic heterocycles. The zero-order chi connectivity index (χ0) is 39.4. The van der Waals surface area contributed by atoms with Gasteiger partial charge in [-0.3, -0.25) is 19.3 Å². The maximum absolute atomic E-state index is 13.1. The van der Waals surface area contributed by atoms with Gasteiger partial charge in [-0.25, -0.2) is 9.78 Å². The Morgan fingerprint density at radius 3 is 2.33 bits per heavy atom. The van der Waals surface area contributed by atoms with E-state index < -0.39 is 29.6 Å². The number of pyridine rings is 1. The number of aromatic nitrogens is 1. The smallest absolute Gasteiger partial charge is 0.416 e. The zero-order valence-corrected chi connectivity index (χ0v) is 32.0. The summed E-state index contributed by atoms with van der Waals surface area (Å²) in [5.74, 6) is -0.144. The number of fused-ring (bicyclic) bond motifs is 1. The molecular formula is C44H48N4O7. The van der Waals surface area contributed by atoms with Gasteiger partial charge in [0, 0.05) is 19.2 Å². The Kier molecular flexibility index (Phi) is 13.6. The van der Waals surface area contributed by atoms with E-state index in [-0.39, 0.29) is 31.8 Å². The third-order valence-electron chi connectivity index (χ3n) is 8.68. The first-order valence-electron chi connectivity index (χ1n) is 18.2. The number of hydrogen-bond acceptors (Lipinski definition) is 8. The number of ether oxygens (including phenoxy) is 3. The first kappa shape index (κ1) is 40.0. The van der Waals surface area contributed by atoms with E-state index in [4.69, 9.17) is 14.2 Å². The largest absolute Gasteiger partial charge is 0.489 e. The maximum atomic E-state index is 13.1. The molecule has 286 valence electrons. The number of anilines is 1. The van der Waals surface area contributed by atoms with E-state index in [1.807, 2.05) is 97.9 Å². The number of carbonyl (C=O) groups is 4. The van der Waals surface area contributed by atoms with Gasteiger partial charge in [-0.2, -0.15) is 0 Å². The van der Waals surface area contributed by atoms with E-state index in [0.717, 1.165) is 38.8 Å². The fourth-order valence-corrected chi connectivity index (χ4v) is 5.93. The summed E-state index contributed by atoms with van der Waals surface area (Å²) in [4.78, 5) is 56.9. The quantitative estimate of drug-likeness (QED) is 0.104. The van der Waals surface area contributed by atoms with Crippen LogP contribution in [0.5, 0.6) is 5.75 Å². The van der Waals surface area contributed by atoms with Crippen molar-refractivity contribution in [2.24, 2.45) is 0 Å². The molecule has 0 spiro atoms. The van der Waals surface area contributed by atoms with Crippen LogP contribution in [0.1, 0.15) is 62.8 Å². The normalized spacial score (nSPS) is 11.7. The molecule has 0 bridgehead atoms. The second kappa shape index (κ2) is 18.7. The number of methoxy groups -OCH3 is 1. The second-order valence-electron chi connectivity index (χ2n) is 14.2. The molecule has 0 fully saturated rings. The third kappa shape index (κ3) is 11.9. The number of carbonyl (C=O) groups excluding carboxylic acids is 4. The predicted octanol–water partition coefficient (Wildman–Crippen LogP) is 7.85. The Bertz CT molecular complexity index is 2100. The Labute approximate surface area is 322 Å². The number of aryl methyl sites for hydroxylation is 1. The van der Waals surface area contributed by atoms with Crippen LogP contribution in [0, 0.1) is 6.92 Å². The first-order valence-corrected chi connectivity index (χ1v) is 18.2. The van der Waals surface area contributed by atoms with Gasteiger partial charge in [-0.05, 0) is 97.0 Å². The second-order valence-corrected chi connectivity index (χ2v) is 14.2. The van der Waals surface area contributed by atoms with Crippen molar-refractivity contribution < 1.29 is 33.4 Å². The number of rotatable bonds is 15. The SMILES string of the molecule is COC(=O)C[C@H](NC(=O)CNC(=O)CCCN(C(=O)OC(C)(C)C)c1cc(C)ccn1)c1ccc(-c2cccc3ccc(OCc4ccccc4)cc23)cc1. The summed E-state index contributed by atoms with van der Waals surface area (Å²) < 4.78 is 16.6. The van der Waals surface area contributed by atoms with Crippen LogP contribution in [-0.4, -0.2) is 54.7 Å².